The average molecular weight is 378 g/mol. The van der Waals surface area contributed by atoms with Gasteiger partial charge in [0.05, 0.1) is 15.7 Å². The maximum atomic E-state index is 11.9. The molecule has 0 aromatic heterocycles. The fraction of sp³-hybridized carbons (Fsp3) is 0. The molecule has 0 saturated heterocycles. The van der Waals surface area contributed by atoms with Crippen molar-refractivity contribution in [1.82, 2.24) is 0 Å². The van der Waals surface area contributed by atoms with E-state index in [-0.39, 0.29) is 15.7 Å². The van der Waals surface area contributed by atoms with Crippen LogP contribution in [0.4, 0.5) is 11.4 Å². The van der Waals surface area contributed by atoms with Crippen molar-refractivity contribution >= 4 is 69.6 Å². The Morgan fingerprint density at radius 1 is 0.818 bits per heavy atom. The van der Waals surface area contributed by atoms with E-state index in [9.17, 15) is 9.59 Å². The van der Waals surface area contributed by atoms with E-state index < -0.39 is 11.8 Å². The van der Waals surface area contributed by atoms with Gasteiger partial charge in [0.2, 0.25) is 0 Å². The number of hydrogen-bond donors (Lipinski definition) is 2. The Bertz CT molecular complexity index is 729. The van der Waals surface area contributed by atoms with Crippen molar-refractivity contribution in [2.75, 3.05) is 10.6 Å². The number of anilines is 2. The van der Waals surface area contributed by atoms with Crippen LogP contribution >= 0.6 is 46.4 Å². The number of halogens is 4. The van der Waals surface area contributed by atoms with E-state index in [1.807, 2.05) is 0 Å². The van der Waals surface area contributed by atoms with E-state index in [1.165, 1.54) is 24.3 Å². The van der Waals surface area contributed by atoms with Crippen LogP contribution in [0.5, 0.6) is 0 Å². The molecular formula is C14H8Cl4N2O2. The first kappa shape index (κ1) is 16.9. The minimum atomic E-state index is -0.903. The first-order chi connectivity index (χ1) is 10.4. The molecule has 0 spiro atoms. The van der Waals surface area contributed by atoms with Crippen LogP contribution in [0.1, 0.15) is 0 Å². The fourth-order valence-corrected chi connectivity index (χ4v) is 2.47. The van der Waals surface area contributed by atoms with Gasteiger partial charge in [-0.3, -0.25) is 9.59 Å². The molecule has 2 rings (SSSR count). The number of benzene rings is 2. The minimum absolute atomic E-state index is 0.149. The van der Waals surface area contributed by atoms with Gasteiger partial charge in [0.15, 0.2) is 0 Å². The normalized spacial score (nSPS) is 10.2. The zero-order chi connectivity index (χ0) is 16.3. The average Bonchev–Trinajstić information content (AvgIpc) is 2.42. The monoisotopic (exact) mass is 376 g/mol. The molecule has 0 aliphatic rings. The van der Waals surface area contributed by atoms with Gasteiger partial charge in [0.25, 0.3) is 0 Å². The number of nitrogens with one attached hydrogen (secondary N) is 2. The lowest BCUT2D eigenvalue weighted by Gasteiger charge is -2.09. The molecule has 8 heteroatoms. The number of carbonyl (C=O) groups is 2. The Hall–Kier alpha value is -1.46. The number of rotatable bonds is 2. The summed E-state index contributed by atoms with van der Waals surface area (Å²) in [5, 5.41) is 5.83. The molecule has 0 saturated carbocycles. The van der Waals surface area contributed by atoms with Gasteiger partial charge < -0.3 is 10.6 Å². The Morgan fingerprint density at radius 3 is 2.05 bits per heavy atom. The van der Waals surface area contributed by atoms with Crippen molar-refractivity contribution in [2.45, 2.75) is 0 Å². The number of amides is 2. The summed E-state index contributed by atoms with van der Waals surface area (Å²) in [4.78, 5) is 23.7. The van der Waals surface area contributed by atoms with Gasteiger partial charge in [0, 0.05) is 15.7 Å². The molecule has 0 radical (unpaired) electrons. The van der Waals surface area contributed by atoms with Crippen molar-refractivity contribution in [2.24, 2.45) is 0 Å². The molecule has 0 fully saturated rings. The Labute approximate surface area is 146 Å². The summed E-state index contributed by atoms with van der Waals surface area (Å²) in [7, 11) is 0. The van der Waals surface area contributed by atoms with Crippen LogP contribution in [-0.2, 0) is 9.59 Å². The second-order valence-corrected chi connectivity index (χ2v) is 5.83. The molecule has 22 heavy (non-hydrogen) atoms. The van der Waals surface area contributed by atoms with Gasteiger partial charge in [-0.15, -0.1) is 0 Å². The minimum Gasteiger partial charge on any atom is -0.318 e. The summed E-state index contributed by atoms with van der Waals surface area (Å²) < 4.78 is 0. The topological polar surface area (TPSA) is 58.2 Å². The molecule has 0 aliphatic heterocycles. The first-order valence-electron chi connectivity index (χ1n) is 5.89. The molecule has 4 nitrogen and oxygen atoms in total. The third kappa shape index (κ3) is 4.27. The molecule has 114 valence electrons. The predicted octanol–water partition coefficient (Wildman–Crippen LogP) is 4.88. The quantitative estimate of drug-likeness (QED) is 0.733. The highest BCUT2D eigenvalue weighted by Gasteiger charge is 2.16. The maximum absolute atomic E-state index is 11.9. The summed E-state index contributed by atoms with van der Waals surface area (Å²) in [5.74, 6) is -1.80. The van der Waals surface area contributed by atoms with Crippen molar-refractivity contribution in [3.8, 4) is 0 Å². The fourth-order valence-electron chi connectivity index (χ4n) is 1.59. The van der Waals surface area contributed by atoms with Gasteiger partial charge in [-0.25, -0.2) is 0 Å². The van der Waals surface area contributed by atoms with Crippen LogP contribution in [0.3, 0.4) is 0 Å². The lowest BCUT2D eigenvalue weighted by Crippen LogP contribution is -2.29. The zero-order valence-electron chi connectivity index (χ0n) is 10.8. The molecule has 0 heterocycles. The first-order valence-corrected chi connectivity index (χ1v) is 7.40. The summed E-state index contributed by atoms with van der Waals surface area (Å²) in [6, 6.07) is 9.11. The van der Waals surface area contributed by atoms with Crippen molar-refractivity contribution in [3.63, 3.8) is 0 Å². The molecule has 0 unspecified atom stereocenters. The van der Waals surface area contributed by atoms with E-state index in [0.29, 0.717) is 15.7 Å². The Morgan fingerprint density at radius 2 is 1.41 bits per heavy atom. The van der Waals surface area contributed by atoms with Gasteiger partial charge in [-0.05, 0) is 30.3 Å². The molecule has 2 aromatic carbocycles. The zero-order valence-corrected chi connectivity index (χ0v) is 13.8. The van der Waals surface area contributed by atoms with Crippen molar-refractivity contribution in [3.05, 3.63) is 56.5 Å². The van der Waals surface area contributed by atoms with Gasteiger partial charge >= 0.3 is 11.8 Å². The van der Waals surface area contributed by atoms with Crippen LogP contribution in [0.2, 0.25) is 20.1 Å². The van der Waals surface area contributed by atoms with E-state index in [0.717, 1.165) is 0 Å². The maximum Gasteiger partial charge on any atom is 0.314 e. The summed E-state index contributed by atoms with van der Waals surface area (Å²) in [6.07, 6.45) is 0. The molecule has 0 bridgehead atoms. The van der Waals surface area contributed by atoms with Crippen molar-refractivity contribution in [1.29, 1.82) is 0 Å². The standard InChI is InChI=1S/C14H8Cl4N2O2/c15-7-4-8(16)6-9(5-7)19-13(21)14(22)20-11-3-1-2-10(17)12(11)18/h1-6H,(H,19,21)(H,20,22). The van der Waals surface area contributed by atoms with Crippen molar-refractivity contribution < 1.29 is 9.59 Å². The highest BCUT2D eigenvalue weighted by Crippen LogP contribution is 2.29. The molecule has 0 atom stereocenters. The van der Waals surface area contributed by atoms with E-state index in [2.05, 4.69) is 10.6 Å². The van der Waals surface area contributed by atoms with Gasteiger partial charge in [-0.1, -0.05) is 52.5 Å². The smallest absolute Gasteiger partial charge is 0.314 e. The summed E-state index contributed by atoms with van der Waals surface area (Å²) in [6.45, 7) is 0. The molecule has 0 aliphatic carbocycles. The van der Waals surface area contributed by atoms with E-state index in [1.54, 1.807) is 12.1 Å². The van der Waals surface area contributed by atoms with E-state index >= 15 is 0 Å². The second-order valence-electron chi connectivity index (χ2n) is 4.17. The summed E-state index contributed by atoms with van der Waals surface area (Å²) in [5.41, 5.74) is 0.535. The highest BCUT2D eigenvalue weighted by molar-refractivity contribution is 6.47. The van der Waals surface area contributed by atoms with Crippen LogP contribution in [0.25, 0.3) is 0 Å². The third-order valence-electron chi connectivity index (χ3n) is 2.53. The molecule has 2 N–H and O–H groups in total. The SMILES string of the molecule is O=C(Nc1cc(Cl)cc(Cl)c1)C(=O)Nc1cccc(Cl)c1Cl. The van der Waals surface area contributed by atoms with Crippen LogP contribution in [0.15, 0.2) is 36.4 Å². The number of hydrogen-bond acceptors (Lipinski definition) is 2. The third-order valence-corrected chi connectivity index (χ3v) is 3.78. The Kier molecular flexibility index (Phi) is 5.53. The molecule has 2 aromatic rings. The Balaban J connectivity index is 2.09. The predicted molar refractivity (Wildman–Crippen MR) is 90.2 cm³/mol. The number of carbonyl (C=O) groups excluding carboxylic acids is 2. The molecular weight excluding hydrogens is 370 g/mol. The van der Waals surface area contributed by atoms with Gasteiger partial charge in [-0.2, -0.15) is 0 Å². The van der Waals surface area contributed by atoms with Crippen LogP contribution in [0, 0.1) is 0 Å². The lowest BCUT2D eigenvalue weighted by atomic mass is 10.3. The van der Waals surface area contributed by atoms with Crippen LogP contribution < -0.4 is 10.6 Å². The summed E-state index contributed by atoms with van der Waals surface area (Å²) >= 11 is 23.4. The van der Waals surface area contributed by atoms with E-state index in [4.69, 9.17) is 46.4 Å². The van der Waals surface area contributed by atoms with Gasteiger partial charge in [0.1, 0.15) is 0 Å². The largest absolute Gasteiger partial charge is 0.318 e. The van der Waals surface area contributed by atoms with Crippen LogP contribution in [-0.4, -0.2) is 11.8 Å². The lowest BCUT2D eigenvalue weighted by molar-refractivity contribution is -0.132. The second kappa shape index (κ2) is 7.20. The molecule has 2 amide bonds. The highest BCUT2D eigenvalue weighted by atomic mass is 35.5.